The molecule has 2 N–H and O–H groups in total. The zero-order valence-electron chi connectivity index (χ0n) is 12.4. The van der Waals surface area contributed by atoms with Gasteiger partial charge in [-0.15, -0.1) is 24.0 Å². The number of aliphatic imine (C=N–C) groups is 1. The number of nitrogens with one attached hydrogen (secondary N) is 2. The number of hydrogen-bond acceptors (Lipinski definition) is 4. The minimum Gasteiger partial charge on any atom is -0.490 e. The predicted molar refractivity (Wildman–Crippen MR) is 97.6 cm³/mol. The lowest BCUT2D eigenvalue weighted by atomic mass is 10.3. The summed E-state index contributed by atoms with van der Waals surface area (Å²) in [6.07, 6.45) is 5.18. The van der Waals surface area contributed by atoms with Gasteiger partial charge >= 0.3 is 0 Å². The van der Waals surface area contributed by atoms with E-state index in [-0.39, 0.29) is 24.0 Å². The van der Waals surface area contributed by atoms with Crippen LogP contribution in [0.1, 0.15) is 5.69 Å². The Morgan fingerprint density at radius 2 is 2.09 bits per heavy atom. The molecule has 2 heterocycles. The molecule has 0 atom stereocenters. The van der Waals surface area contributed by atoms with Gasteiger partial charge in [0.2, 0.25) is 0 Å². The Hall–Kier alpha value is -1.90. The number of hydrogen-bond donors (Lipinski definition) is 2. The van der Waals surface area contributed by atoms with Gasteiger partial charge in [-0.2, -0.15) is 0 Å². The van der Waals surface area contributed by atoms with Crippen molar-refractivity contribution in [1.82, 2.24) is 20.6 Å². The number of nitrogens with zero attached hydrogens (tertiary/aromatic N) is 3. The summed E-state index contributed by atoms with van der Waals surface area (Å²) in [7, 11) is 1.73. The van der Waals surface area contributed by atoms with E-state index in [1.807, 2.05) is 30.3 Å². The third kappa shape index (κ3) is 6.70. The highest BCUT2D eigenvalue weighted by atomic mass is 127. The molecule has 2 aromatic heterocycles. The average Bonchev–Trinajstić information content (AvgIpc) is 2.56. The molecule has 0 radical (unpaired) electrons. The van der Waals surface area contributed by atoms with Crippen molar-refractivity contribution in [3.05, 3.63) is 54.6 Å². The Morgan fingerprint density at radius 3 is 2.77 bits per heavy atom. The second kappa shape index (κ2) is 10.8. The lowest BCUT2D eigenvalue weighted by molar-refractivity contribution is 0.320. The first-order chi connectivity index (χ1) is 10.4. The van der Waals surface area contributed by atoms with Crippen molar-refractivity contribution < 1.29 is 4.74 Å². The van der Waals surface area contributed by atoms with Crippen molar-refractivity contribution in [2.24, 2.45) is 4.99 Å². The van der Waals surface area contributed by atoms with Crippen LogP contribution >= 0.6 is 24.0 Å². The van der Waals surface area contributed by atoms with E-state index in [2.05, 4.69) is 25.6 Å². The van der Waals surface area contributed by atoms with E-state index >= 15 is 0 Å². The molecule has 0 aromatic carbocycles. The number of ether oxygens (including phenoxy) is 1. The van der Waals surface area contributed by atoms with Crippen LogP contribution in [0.5, 0.6) is 5.75 Å². The van der Waals surface area contributed by atoms with Gasteiger partial charge in [0.05, 0.1) is 25.0 Å². The topological polar surface area (TPSA) is 71.4 Å². The molecule has 6 nitrogen and oxygen atoms in total. The first kappa shape index (κ1) is 18.1. The van der Waals surface area contributed by atoms with Crippen LogP contribution in [-0.2, 0) is 6.54 Å². The van der Waals surface area contributed by atoms with Crippen LogP contribution in [0, 0.1) is 0 Å². The van der Waals surface area contributed by atoms with Crippen LogP contribution in [0.15, 0.2) is 53.9 Å². The van der Waals surface area contributed by atoms with E-state index in [1.54, 1.807) is 25.6 Å². The van der Waals surface area contributed by atoms with Crippen molar-refractivity contribution in [1.29, 1.82) is 0 Å². The third-order valence-corrected chi connectivity index (χ3v) is 2.68. The van der Waals surface area contributed by atoms with Crippen LogP contribution in [-0.4, -0.2) is 36.1 Å². The molecule has 0 amide bonds. The number of pyridine rings is 2. The largest absolute Gasteiger partial charge is 0.490 e. The number of guanidine groups is 1. The Balaban J connectivity index is 0.00000242. The molecule has 0 aliphatic rings. The molecular formula is C15H20IN5O. The van der Waals surface area contributed by atoms with E-state index in [4.69, 9.17) is 4.74 Å². The first-order valence-electron chi connectivity index (χ1n) is 6.76. The molecule has 118 valence electrons. The average molecular weight is 413 g/mol. The van der Waals surface area contributed by atoms with Gasteiger partial charge in [-0.25, -0.2) is 0 Å². The smallest absolute Gasteiger partial charge is 0.191 e. The zero-order valence-corrected chi connectivity index (χ0v) is 14.7. The summed E-state index contributed by atoms with van der Waals surface area (Å²) in [4.78, 5) is 12.4. The Kier molecular flexibility index (Phi) is 8.89. The van der Waals surface area contributed by atoms with E-state index in [1.165, 1.54) is 0 Å². The highest BCUT2D eigenvalue weighted by molar-refractivity contribution is 14.0. The minimum atomic E-state index is 0. The van der Waals surface area contributed by atoms with Gasteiger partial charge in [-0.05, 0) is 24.3 Å². The summed E-state index contributed by atoms with van der Waals surface area (Å²) >= 11 is 0. The lowest BCUT2D eigenvalue weighted by Gasteiger charge is -2.12. The third-order valence-electron chi connectivity index (χ3n) is 2.68. The molecule has 0 saturated heterocycles. The SMILES string of the molecule is CN=C(NCCOc1cccnc1)NCc1ccccn1.I. The molecule has 0 spiro atoms. The summed E-state index contributed by atoms with van der Waals surface area (Å²) in [5, 5.41) is 6.37. The Morgan fingerprint density at radius 1 is 1.18 bits per heavy atom. The van der Waals surface area contributed by atoms with Crippen molar-refractivity contribution >= 4 is 29.9 Å². The summed E-state index contributed by atoms with van der Waals surface area (Å²) < 4.78 is 5.54. The van der Waals surface area contributed by atoms with Gasteiger partial charge in [0, 0.05) is 19.4 Å². The molecule has 0 aliphatic heterocycles. The van der Waals surface area contributed by atoms with Crippen molar-refractivity contribution in [3.63, 3.8) is 0 Å². The van der Waals surface area contributed by atoms with E-state index in [0.717, 1.165) is 17.4 Å². The Labute approximate surface area is 147 Å². The van der Waals surface area contributed by atoms with Crippen LogP contribution in [0.4, 0.5) is 0 Å². The molecule has 0 aliphatic carbocycles. The van der Waals surface area contributed by atoms with Crippen LogP contribution in [0.2, 0.25) is 0 Å². The predicted octanol–water partition coefficient (Wildman–Crippen LogP) is 1.84. The summed E-state index contributed by atoms with van der Waals surface area (Å²) in [5.41, 5.74) is 0.965. The van der Waals surface area contributed by atoms with Gasteiger partial charge in [-0.1, -0.05) is 6.07 Å². The molecular weight excluding hydrogens is 393 g/mol. The maximum absolute atomic E-state index is 5.54. The quantitative estimate of drug-likeness (QED) is 0.327. The summed E-state index contributed by atoms with van der Waals surface area (Å²) in [6.45, 7) is 1.82. The first-order valence-corrected chi connectivity index (χ1v) is 6.76. The van der Waals surface area contributed by atoms with Gasteiger partial charge in [0.1, 0.15) is 12.4 Å². The van der Waals surface area contributed by atoms with Crippen LogP contribution < -0.4 is 15.4 Å². The van der Waals surface area contributed by atoms with Crippen LogP contribution in [0.25, 0.3) is 0 Å². The Bertz CT molecular complexity index is 550. The number of aromatic nitrogens is 2. The van der Waals surface area contributed by atoms with Crippen LogP contribution in [0.3, 0.4) is 0 Å². The molecule has 0 saturated carbocycles. The second-order valence-corrected chi connectivity index (χ2v) is 4.21. The highest BCUT2D eigenvalue weighted by Crippen LogP contribution is 2.04. The van der Waals surface area contributed by atoms with Crippen molar-refractivity contribution in [2.45, 2.75) is 6.54 Å². The minimum absolute atomic E-state index is 0. The number of halogens is 1. The standard InChI is InChI=1S/C15H19N5O.HI/c1-16-15(20-11-13-5-2-3-8-18-13)19-9-10-21-14-6-4-7-17-12-14;/h2-8,12H,9-11H2,1H3,(H2,16,19,20);1H. The normalized spacial score (nSPS) is 10.5. The van der Waals surface area contributed by atoms with Gasteiger partial charge < -0.3 is 15.4 Å². The lowest BCUT2D eigenvalue weighted by Crippen LogP contribution is -2.39. The molecule has 2 aromatic rings. The maximum atomic E-state index is 5.54. The molecule has 0 unspecified atom stereocenters. The molecule has 7 heteroatoms. The maximum Gasteiger partial charge on any atom is 0.191 e. The molecule has 22 heavy (non-hydrogen) atoms. The summed E-state index contributed by atoms with van der Waals surface area (Å²) in [6, 6.07) is 9.54. The molecule has 0 bridgehead atoms. The fourth-order valence-electron chi connectivity index (χ4n) is 1.67. The number of rotatable bonds is 6. The fourth-order valence-corrected chi connectivity index (χ4v) is 1.67. The highest BCUT2D eigenvalue weighted by Gasteiger charge is 1.98. The fraction of sp³-hybridized carbons (Fsp3) is 0.267. The van der Waals surface area contributed by atoms with Crippen molar-refractivity contribution in [3.8, 4) is 5.75 Å². The van der Waals surface area contributed by atoms with E-state index in [9.17, 15) is 0 Å². The molecule has 0 fully saturated rings. The second-order valence-electron chi connectivity index (χ2n) is 4.21. The monoisotopic (exact) mass is 413 g/mol. The molecule has 2 rings (SSSR count). The van der Waals surface area contributed by atoms with Gasteiger partial charge in [-0.3, -0.25) is 15.0 Å². The van der Waals surface area contributed by atoms with E-state index < -0.39 is 0 Å². The van der Waals surface area contributed by atoms with Gasteiger partial charge in [0.15, 0.2) is 5.96 Å². The van der Waals surface area contributed by atoms with Crippen molar-refractivity contribution in [2.75, 3.05) is 20.2 Å². The summed E-state index contributed by atoms with van der Waals surface area (Å²) in [5.74, 6) is 1.48. The van der Waals surface area contributed by atoms with E-state index in [0.29, 0.717) is 19.7 Å². The zero-order chi connectivity index (χ0) is 14.8. The van der Waals surface area contributed by atoms with Gasteiger partial charge in [0.25, 0.3) is 0 Å².